The molecule has 0 saturated carbocycles. The Hall–Kier alpha value is -3.35. The lowest BCUT2D eigenvalue weighted by molar-refractivity contribution is 0.102. The fourth-order valence-electron chi connectivity index (χ4n) is 2.12. The molecule has 3 aromatic heterocycles. The number of rotatable bonds is 4. The molecule has 3 heterocycles. The van der Waals surface area contributed by atoms with Crippen molar-refractivity contribution in [3.05, 3.63) is 71.7 Å². The number of anilines is 1. The van der Waals surface area contributed by atoms with Gasteiger partial charge in [0.1, 0.15) is 28.8 Å². The molecule has 1 amide bonds. The van der Waals surface area contributed by atoms with E-state index in [2.05, 4.69) is 20.3 Å². The Labute approximate surface area is 143 Å². The second-order valence-corrected chi connectivity index (χ2v) is 5.38. The van der Waals surface area contributed by atoms with Crippen LogP contribution in [0.3, 0.4) is 0 Å². The van der Waals surface area contributed by atoms with Crippen molar-refractivity contribution in [1.82, 2.24) is 15.0 Å². The van der Waals surface area contributed by atoms with Gasteiger partial charge in [-0.2, -0.15) is 0 Å². The van der Waals surface area contributed by atoms with Crippen LogP contribution in [0.4, 0.5) is 10.2 Å². The normalized spacial score (nSPS) is 10.4. The number of nitrogens with zero attached hydrogens (tertiary/aromatic N) is 3. The summed E-state index contributed by atoms with van der Waals surface area (Å²) in [6.45, 7) is 3.63. The predicted molar refractivity (Wildman–Crippen MR) is 90.2 cm³/mol. The summed E-state index contributed by atoms with van der Waals surface area (Å²) >= 11 is 0. The highest BCUT2D eigenvalue weighted by Crippen LogP contribution is 2.22. The van der Waals surface area contributed by atoms with Crippen LogP contribution in [0.25, 0.3) is 0 Å². The zero-order valence-electron chi connectivity index (χ0n) is 13.7. The molecular weight excluding hydrogens is 323 g/mol. The molecule has 0 fully saturated rings. The van der Waals surface area contributed by atoms with E-state index in [1.54, 1.807) is 25.3 Å². The summed E-state index contributed by atoms with van der Waals surface area (Å²) in [6, 6.07) is 9.14. The second kappa shape index (κ2) is 7.04. The zero-order chi connectivity index (χ0) is 17.8. The minimum atomic E-state index is -0.506. The highest BCUT2D eigenvalue weighted by atomic mass is 19.1. The monoisotopic (exact) mass is 338 g/mol. The summed E-state index contributed by atoms with van der Waals surface area (Å²) in [4.78, 5) is 24.5. The van der Waals surface area contributed by atoms with Crippen LogP contribution in [-0.4, -0.2) is 20.9 Å². The molecule has 0 spiro atoms. The first-order valence-electron chi connectivity index (χ1n) is 7.52. The van der Waals surface area contributed by atoms with Gasteiger partial charge in [-0.15, -0.1) is 0 Å². The molecule has 0 bridgehead atoms. The van der Waals surface area contributed by atoms with E-state index in [-0.39, 0.29) is 11.5 Å². The largest absolute Gasteiger partial charge is 0.456 e. The SMILES string of the molecule is Cc1ccc(Oc2cc(C)nc(C(=O)Nc3cc(F)ccn3)c2)cn1. The lowest BCUT2D eigenvalue weighted by atomic mass is 10.2. The van der Waals surface area contributed by atoms with E-state index >= 15 is 0 Å². The molecule has 25 heavy (non-hydrogen) atoms. The summed E-state index contributed by atoms with van der Waals surface area (Å²) < 4.78 is 18.9. The topological polar surface area (TPSA) is 77.0 Å². The molecule has 6 nitrogen and oxygen atoms in total. The molecule has 3 aromatic rings. The van der Waals surface area contributed by atoms with Gasteiger partial charge in [-0.05, 0) is 32.0 Å². The first kappa shape index (κ1) is 16.5. The summed E-state index contributed by atoms with van der Waals surface area (Å²) in [5.74, 6) is 0.121. The summed E-state index contributed by atoms with van der Waals surface area (Å²) in [6.07, 6.45) is 2.87. The summed E-state index contributed by atoms with van der Waals surface area (Å²) in [7, 11) is 0. The highest BCUT2D eigenvalue weighted by Gasteiger charge is 2.12. The van der Waals surface area contributed by atoms with Gasteiger partial charge in [-0.1, -0.05) is 0 Å². The first-order valence-corrected chi connectivity index (χ1v) is 7.52. The van der Waals surface area contributed by atoms with Crippen molar-refractivity contribution in [3.63, 3.8) is 0 Å². The Morgan fingerprint density at radius 2 is 1.88 bits per heavy atom. The third-order valence-corrected chi connectivity index (χ3v) is 3.24. The van der Waals surface area contributed by atoms with Crippen molar-refractivity contribution >= 4 is 11.7 Å². The van der Waals surface area contributed by atoms with Crippen molar-refractivity contribution in [3.8, 4) is 11.5 Å². The smallest absolute Gasteiger partial charge is 0.275 e. The van der Waals surface area contributed by atoms with Crippen molar-refractivity contribution in [1.29, 1.82) is 0 Å². The molecule has 1 N–H and O–H groups in total. The van der Waals surface area contributed by atoms with Crippen molar-refractivity contribution in [2.24, 2.45) is 0 Å². The molecule has 0 aliphatic heterocycles. The van der Waals surface area contributed by atoms with Crippen LogP contribution in [0.2, 0.25) is 0 Å². The number of carbonyl (C=O) groups is 1. The number of hydrogen-bond donors (Lipinski definition) is 1. The number of hydrogen-bond acceptors (Lipinski definition) is 5. The Balaban J connectivity index is 1.80. The maximum atomic E-state index is 13.2. The Bertz CT molecular complexity index is 913. The molecule has 0 aliphatic carbocycles. The molecule has 7 heteroatoms. The van der Waals surface area contributed by atoms with Gasteiger partial charge >= 0.3 is 0 Å². The fourth-order valence-corrected chi connectivity index (χ4v) is 2.12. The van der Waals surface area contributed by atoms with Crippen LogP contribution in [-0.2, 0) is 0 Å². The summed E-state index contributed by atoms with van der Waals surface area (Å²) in [5, 5.41) is 2.50. The molecule has 0 aromatic carbocycles. The molecule has 3 rings (SSSR count). The van der Waals surface area contributed by atoms with Crippen molar-refractivity contribution in [2.45, 2.75) is 13.8 Å². The van der Waals surface area contributed by atoms with Gasteiger partial charge in [0.15, 0.2) is 0 Å². The average Bonchev–Trinajstić information content (AvgIpc) is 2.56. The first-order chi connectivity index (χ1) is 12.0. The number of carbonyl (C=O) groups excluding carboxylic acids is 1. The van der Waals surface area contributed by atoms with Crippen molar-refractivity contribution in [2.75, 3.05) is 5.32 Å². The lowest BCUT2D eigenvalue weighted by Gasteiger charge is -2.09. The van der Waals surface area contributed by atoms with Gasteiger partial charge in [0.2, 0.25) is 0 Å². The van der Waals surface area contributed by atoms with E-state index in [1.165, 1.54) is 18.3 Å². The number of aromatic nitrogens is 3. The van der Waals surface area contributed by atoms with Crippen LogP contribution in [0, 0.1) is 19.7 Å². The summed E-state index contributed by atoms with van der Waals surface area (Å²) in [5.41, 5.74) is 1.62. The number of nitrogens with one attached hydrogen (secondary N) is 1. The number of pyridine rings is 3. The van der Waals surface area contributed by atoms with E-state index in [4.69, 9.17) is 4.74 Å². The maximum Gasteiger partial charge on any atom is 0.275 e. The maximum absolute atomic E-state index is 13.2. The van der Waals surface area contributed by atoms with Gasteiger partial charge in [0.25, 0.3) is 5.91 Å². The minimum absolute atomic E-state index is 0.110. The molecule has 0 saturated heterocycles. The highest BCUT2D eigenvalue weighted by molar-refractivity contribution is 6.02. The van der Waals surface area contributed by atoms with E-state index < -0.39 is 11.7 Å². The molecular formula is C18H15FN4O2. The number of ether oxygens (including phenoxy) is 1. The van der Waals surface area contributed by atoms with Gasteiger partial charge in [-0.3, -0.25) is 9.78 Å². The van der Waals surface area contributed by atoms with Crippen LogP contribution in [0.5, 0.6) is 11.5 Å². The van der Waals surface area contributed by atoms with Gasteiger partial charge in [0.05, 0.1) is 6.20 Å². The van der Waals surface area contributed by atoms with E-state index in [1.807, 2.05) is 13.0 Å². The number of halogens is 1. The van der Waals surface area contributed by atoms with Crippen LogP contribution in [0.15, 0.2) is 48.8 Å². The van der Waals surface area contributed by atoms with Crippen LogP contribution >= 0.6 is 0 Å². The van der Waals surface area contributed by atoms with Gasteiger partial charge in [-0.25, -0.2) is 14.4 Å². The fraction of sp³-hybridized carbons (Fsp3) is 0.111. The third kappa shape index (κ3) is 4.35. The zero-order valence-corrected chi connectivity index (χ0v) is 13.7. The molecule has 0 atom stereocenters. The molecule has 126 valence electrons. The Kier molecular flexibility index (Phi) is 4.65. The standard InChI is InChI=1S/C18H15FN4O2/c1-11-3-4-14(10-21-11)25-15-7-12(2)22-16(9-15)18(24)23-17-8-13(19)5-6-20-17/h3-10H,1-2H3,(H,20,23,24). The second-order valence-electron chi connectivity index (χ2n) is 5.38. The van der Waals surface area contributed by atoms with Crippen molar-refractivity contribution < 1.29 is 13.9 Å². The molecule has 0 radical (unpaired) electrons. The van der Waals surface area contributed by atoms with E-state index in [0.717, 1.165) is 11.8 Å². The molecule has 0 aliphatic rings. The van der Waals surface area contributed by atoms with E-state index in [9.17, 15) is 9.18 Å². The lowest BCUT2D eigenvalue weighted by Crippen LogP contribution is -2.15. The third-order valence-electron chi connectivity index (χ3n) is 3.24. The van der Waals surface area contributed by atoms with Gasteiger partial charge in [0, 0.05) is 35.8 Å². The number of amides is 1. The minimum Gasteiger partial charge on any atom is -0.456 e. The van der Waals surface area contributed by atoms with Crippen LogP contribution in [0.1, 0.15) is 21.9 Å². The Morgan fingerprint density at radius 1 is 1.04 bits per heavy atom. The average molecular weight is 338 g/mol. The molecule has 0 unspecified atom stereocenters. The predicted octanol–water partition coefficient (Wildman–Crippen LogP) is 3.67. The Morgan fingerprint density at radius 3 is 2.60 bits per heavy atom. The number of aryl methyl sites for hydroxylation is 2. The van der Waals surface area contributed by atoms with Crippen LogP contribution < -0.4 is 10.1 Å². The quantitative estimate of drug-likeness (QED) is 0.785. The van der Waals surface area contributed by atoms with Gasteiger partial charge < -0.3 is 10.1 Å². The van der Waals surface area contributed by atoms with E-state index in [0.29, 0.717) is 17.2 Å².